The molecule has 2 aliphatic rings. The highest BCUT2D eigenvalue weighted by Crippen LogP contribution is 2.20. The van der Waals surface area contributed by atoms with E-state index in [1.54, 1.807) is 12.4 Å². The molecule has 1 aromatic rings. The second-order valence-corrected chi connectivity index (χ2v) is 6.08. The number of aryl methyl sites for hydroxylation is 1. The first-order chi connectivity index (χ1) is 10.7. The van der Waals surface area contributed by atoms with E-state index in [1.165, 1.54) is 0 Å². The predicted molar refractivity (Wildman–Crippen MR) is 80.6 cm³/mol. The zero-order chi connectivity index (χ0) is 15.4. The van der Waals surface area contributed by atoms with Gasteiger partial charge in [-0.3, -0.25) is 4.79 Å². The van der Waals surface area contributed by atoms with Crippen LogP contribution in [0.15, 0.2) is 12.4 Å². The summed E-state index contributed by atoms with van der Waals surface area (Å²) >= 11 is 0. The van der Waals surface area contributed by atoms with Gasteiger partial charge in [-0.1, -0.05) is 0 Å². The molecule has 1 amide bonds. The molecule has 22 heavy (non-hydrogen) atoms. The van der Waals surface area contributed by atoms with Gasteiger partial charge in [-0.2, -0.15) is 0 Å². The fraction of sp³-hybridized carbons (Fsp3) is 0.688. The lowest BCUT2D eigenvalue weighted by Crippen LogP contribution is -2.42. The summed E-state index contributed by atoms with van der Waals surface area (Å²) in [7, 11) is 0. The largest absolute Gasteiger partial charge is 0.460 e. The average molecular weight is 305 g/mol. The van der Waals surface area contributed by atoms with Gasteiger partial charge in [-0.25, -0.2) is 9.97 Å². The van der Waals surface area contributed by atoms with Gasteiger partial charge in [0.15, 0.2) is 0 Å². The van der Waals surface area contributed by atoms with Crippen LogP contribution in [0.2, 0.25) is 0 Å². The number of likely N-dealkylation sites (tertiary alicyclic amines) is 1. The first-order valence-corrected chi connectivity index (χ1v) is 8.05. The number of amides is 1. The Morgan fingerprint density at radius 1 is 1.32 bits per heavy atom. The smallest absolute Gasteiger partial charge is 0.316 e. The van der Waals surface area contributed by atoms with Gasteiger partial charge < -0.3 is 14.4 Å². The van der Waals surface area contributed by atoms with Crippen LogP contribution < -0.4 is 4.74 Å². The first kappa shape index (κ1) is 15.2. The van der Waals surface area contributed by atoms with E-state index in [9.17, 15) is 4.79 Å². The number of nitrogens with zero attached hydrogens (tertiary/aromatic N) is 3. The number of ether oxygens (including phenoxy) is 2. The van der Waals surface area contributed by atoms with Gasteiger partial charge in [0.05, 0.1) is 12.5 Å². The van der Waals surface area contributed by atoms with Crippen LogP contribution in [0.4, 0.5) is 0 Å². The molecule has 0 bridgehead atoms. The molecule has 0 spiro atoms. The van der Waals surface area contributed by atoms with Crippen LogP contribution in [-0.4, -0.2) is 52.7 Å². The zero-order valence-corrected chi connectivity index (χ0v) is 13.0. The van der Waals surface area contributed by atoms with Crippen LogP contribution in [0.5, 0.6) is 6.01 Å². The Bertz CT molecular complexity index is 492. The molecule has 3 heterocycles. The summed E-state index contributed by atoms with van der Waals surface area (Å²) < 4.78 is 11.3. The third-order valence-corrected chi connectivity index (χ3v) is 4.25. The van der Waals surface area contributed by atoms with Crippen molar-refractivity contribution in [2.75, 3.05) is 19.7 Å². The van der Waals surface area contributed by atoms with Gasteiger partial charge in [0.2, 0.25) is 5.91 Å². The minimum absolute atomic E-state index is 0.0921. The lowest BCUT2D eigenvalue weighted by atomic mass is 10.1. The van der Waals surface area contributed by atoms with Crippen molar-refractivity contribution in [3.63, 3.8) is 0 Å². The Hall–Kier alpha value is -1.69. The number of aromatic nitrogens is 2. The SMILES string of the molecule is Cc1cnc(OC2CCN(C(=O)CC3CCCO3)CC2)nc1. The third-order valence-electron chi connectivity index (χ3n) is 4.25. The Kier molecular flexibility index (Phi) is 4.87. The molecule has 0 aliphatic carbocycles. The summed E-state index contributed by atoms with van der Waals surface area (Å²) in [6.07, 6.45) is 7.98. The standard InChI is InChI=1S/C16H23N3O3/c1-12-10-17-16(18-11-12)22-13-4-6-19(7-5-13)15(20)9-14-3-2-8-21-14/h10-11,13-14H,2-9H2,1H3. The molecule has 1 unspecified atom stereocenters. The van der Waals surface area contributed by atoms with Crippen LogP contribution in [0.3, 0.4) is 0 Å². The second-order valence-electron chi connectivity index (χ2n) is 6.08. The summed E-state index contributed by atoms with van der Waals surface area (Å²) in [5.41, 5.74) is 1.02. The molecule has 2 fully saturated rings. The van der Waals surface area contributed by atoms with Crippen molar-refractivity contribution >= 4 is 5.91 Å². The summed E-state index contributed by atoms with van der Waals surface area (Å²) in [6, 6.07) is 0.426. The van der Waals surface area contributed by atoms with E-state index in [1.807, 2.05) is 11.8 Å². The third kappa shape index (κ3) is 3.94. The second kappa shape index (κ2) is 7.05. The molecular formula is C16H23N3O3. The normalized spacial score (nSPS) is 22.8. The van der Waals surface area contributed by atoms with Crippen LogP contribution >= 0.6 is 0 Å². The highest BCUT2D eigenvalue weighted by Gasteiger charge is 2.27. The number of carbonyl (C=O) groups excluding carboxylic acids is 1. The number of piperidine rings is 1. The Labute approximate surface area is 130 Å². The molecule has 0 N–H and O–H groups in total. The maximum absolute atomic E-state index is 12.2. The van der Waals surface area contributed by atoms with Gasteiger partial charge in [-0.15, -0.1) is 0 Å². The van der Waals surface area contributed by atoms with Crippen molar-refractivity contribution in [1.82, 2.24) is 14.9 Å². The quantitative estimate of drug-likeness (QED) is 0.847. The number of hydrogen-bond acceptors (Lipinski definition) is 5. The Morgan fingerprint density at radius 2 is 2.05 bits per heavy atom. The maximum atomic E-state index is 12.2. The van der Waals surface area contributed by atoms with Gasteiger partial charge in [0.1, 0.15) is 6.10 Å². The molecule has 0 radical (unpaired) electrons. The Morgan fingerprint density at radius 3 is 2.68 bits per heavy atom. The molecule has 2 aliphatic heterocycles. The van der Waals surface area contributed by atoms with Crippen molar-refractivity contribution in [3.8, 4) is 6.01 Å². The number of carbonyl (C=O) groups is 1. The molecule has 1 atom stereocenters. The topological polar surface area (TPSA) is 64.5 Å². The summed E-state index contributed by atoms with van der Waals surface area (Å²) in [6.45, 7) is 4.22. The van der Waals surface area contributed by atoms with Crippen molar-refractivity contribution in [2.24, 2.45) is 0 Å². The van der Waals surface area contributed by atoms with Crippen molar-refractivity contribution < 1.29 is 14.3 Å². The van der Waals surface area contributed by atoms with Gasteiger partial charge in [-0.05, 0) is 25.3 Å². The summed E-state index contributed by atoms with van der Waals surface area (Å²) in [5, 5.41) is 0. The molecular weight excluding hydrogens is 282 g/mol. The number of hydrogen-bond donors (Lipinski definition) is 0. The monoisotopic (exact) mass is 305 g/mol. The lowest BCUT2D eigenvalue weighted by molar-refractivity contribution is -0.135. The molecule has 2 saturated heterocycles. The fourth-order valence-electron chi connectivity index (χ4n) is 2.94. The molecule has 6 heteroatoms. The molecule has 1 aromatic heterocycles. The van der Waals surface area contributed by atoms with E-state index in [4.69, 9.17) is 9.47 Å². The molecule has 0 saturated carbocycles. The van der Waals surface area contributed by atoms with Crippen LogP contribution in [0.25, 0.3) is 0 Å². The molecule has 3 rings (SSSR count). The van der Waals surface area contributed by atoms with E-state index < -0.39 is 0 Å². The highest BCUT2D eigenvalue weighted by atomic mass is 16.5. The van der Waals surface area contributed by atoms with Crippen molar-refractivity contribution in [1.29, 1.82) is 0 Å². The van der Waals surface area contributed by atoms with Gasteiger partial charge in [0.25, 0.3) is 0 Å². The van der Waals surface area contributed by atoms with Crippen LogP contribution in [0, 0.1) is 6.92 Å². The predicted octanol–water partition coefficient (Wildman–Crippen LogP) is 1.72. The minimum atomic E-state index is 0.0921. The van der Waals surface area contributed by atoms with E-state index in [0.717, 1.165) is 50.9 Å². The zero-order valence-electron chi connectivity index (χ0n) is 13.0. The minimum Gasteiger partial charge on any atom is -0.460 e. The highest BCUT2D eigenvalue weighted by molar-refractivity contribution is 5.76. The molecule has 0 aromatic carbocycles. The van der Waals surface area contributed by atoms with E-state index in [2.05, 4.69) is 9.97 Å². The molecule has 6 nitrogen and oxygen atoms in total. The molecule has 120 valence electrons. The van der Waals surface area contributed by atoms with Gasteiger partial charge in [0, 0.05) is 44.9 Å². The van der Waals surface area contributed by atoms with Crippen LogP contribution in [0.1, 0.15) is 37.7 Å². The Balaban J connectivity index is 1.43. The summed E-state index contributed by atoms with van der Waals surface area (Å²) in [5.74, 6) is 0.205. The van der Waals surface area contributed by atoms with E-state index in [0.29, 0.717) is 12.4 Å². The number of rotatable bonds is 4. The first-order valence-electron chi connectivity index (χ1n) is 8.05. The van der Waals surface area contributed by atoms with E-state index in [-0.39, 0.29) is 18.1 Å². The fourth-order valence-corrected chi connectivity index (χ4v) is 2.94. The van der Waals surface area contributed by atoms with Gasteiger partial charge >= 0.3 is 6.01 Å². The van der Waals surface area contributed by atoms with Crippen molar-refractivity contribution in [2.45, 2.75) is 51.2 Å². The lowest BCUT2D eigenvalue weighted by Gasteiger charge is -2.32. The van der Waals surface area contributed by atoms with Crippen molar-refractivity contribution in [3.05, 3.63) is 18.0 Å². The maximum Gasteiger partial charge on any atom is 0.316 e. The average Bonchev–Trinajstić information content (AvgIpc) is 3.03. The summed E-state index contributed by atoms with van der Waals surface area (Å²) in [4.78, 5) is 22.5. The van der Waals surface area contributed by atoms with E-state index >= 15 is 0 Å². The van der Waals surface area contributed by atoms with Crippen LogP contribution in [-0.2, 0) is 9.53 Å².